The molecule has 0 aliphatic heterocycles. The Morgan fingerprint density at radius 3 is 2.91 bits per heavy atom. The van der Waals surface area contributed by atoms with Crippen molar-refractivity contribution in [3.05, 3.63) is 59.8 Å². The number of ether oxygens (including phenoxy) is 1. The lowest BCUT2D eigenvalue weighted by atomic mass is 10.1. The second kappa shape index (κ2) is 6.47. The monoisotopic (exact) mass is 297 g/mol. The van der Waals surface area contributed by atoms with Crippen molar-refractivity contribution in [1.29, 1.82) is 0 Å². The zero-order valence-electron chi connectivity index (χ0n) is 12.5. The fourth-order valence-electron chi connectivity index (χ4n) is 2.50. The van der Waals surface area contributed by atoms with Gasteiger partial charge in [0.25, 0.3) is 0 Å². The second-order valence-corrected chi connectivity index (χ2v) is 5.39. The Kier molecular flexibility index (Phi) is 4.23. The summed E-state index contributed by atoms with van der Waals surface area (Å²) in [5, 5.41) is 5.86. The van der Waals surface area contributed by atoms with Gasteiger partial charge in [0, 0.05) is 30.8 Å². The highest BCUT2D eigenvalue weighted by Gasteiger charge is 2.39. The summed E-state index contributed by atoms with van der Waals surface area (Å²) < 4.78 is 5.06. The third-order valence-electron chi connectivity index (χ3n) is 3.80. The summed E-state index contributed by atoms with van der Waals surface area (Å²) in [4.78, 5) is 16.0. The second-order valence-electron chi connectivity index (χ2n) is 5.39. The van der Waals surface area contributed by atoms with Crippen LogP contribution in [0.2, 0.25) is 0 Å². The van der Waals surface area contributed by atoms with Gasteiger partial charge in [-0.2, -0.15) is 0 Å². The van der Waals surface area contributed by atoms with Gasteiger partial charge >= 0.3 is 6.03 Å². The van der Waals surface area contributed by atoms with Crippen LogP contribution in [0.1, 0.15) is 23.5 Å². The number of methoxy groups -OCH3 is 1. The molecule has 0 radical (unpaired) electrons. The molecule has 3 rings (SSSR count). The molecule has 0 unspecified atom stereocenters. The van der Waals surface area contributed by atoms with E-state index in [1.54, 1.807) is 13.3 Å². The SMILES string of the molecule is COc1cc(CNC(=O)N[C@@H]2C[C@H]2c2ccccc2)ccn1. The predicted molar refractivity (Wildman–Crippen MR) is 83.7 cm³/mol. The van der Waals surface area contributed by atoms with E-state index >= 15 is 0 Å². The molecule has 22 heavy (non-hydrogen) atoms. The van der Waals surface area contributed by atoms with Crippen LogP contribution in [0, 0.1) is 0 Å². The molecule has 5 heteroatoms. The van der Waals surface area contributed by atoms with Gasteiger partial charge in [0.15, 0.2) is 0 Å². The third kappa shape index (κ3) is 3.55. The van der Waals surface area contributed by atoms with Crippen molar-refractivity contribution in [2.75, 3.05) is 7.11 Å². The van der Waals surface area contributed by atoms with Gasteiger partial charge in [-0.1, -0.05) is 30.3 Å². The first kappa shape index (κ1) is 14.4. The first-order valence-electron chi connectivity index (χ1n) is 7.34. The lowest BCUT2D eigenvalue weighted by Crippen LogP contribution is -2.36. The summed E-state index contributed by atoms with van der Waals surface area (Å²) in [5.74, 6) is 0.985. The van der Waals surface area contributed by atoms with E-state index in [0.29, 0.717) is 18.3 Å². The fraction of sp³-hybridized carbons (Fsp3) is 0.294. The quantitative estimate of drug-likeness (QED) is 0.891. The summed E-state index contributed by atoms with van der Waals surface area (Å²) in [6.45, 7) is 0.452. The van der Waals surface area contributed by atoms with E-state index in [1.165, 1.54) is 5.56 Å². The number of hydrogen-bond donors (Lipinski definition) is 2. The largest absolute Gasteiger partial charge is 0.481 e. The average Bonchev–Trinajstić information content (AvgIpc) is 3.33. The Bertz CT molecular complexity index is 645. The van der Waals surface area contributed by atoms with Crippen LogP contribution >= 0.6 is 0 Å². The number of benzene rings is 1. The van der Waals surface area contributed by atoms with E-state index in [9.17, 15) is 4.79 Å². The Balaban J connectivity index is 1.46. The summed E-state index contributed by atoms with van der Waals surface area (Å²) in [7, 11) is 1.57. The zero-order valence-corrected chi connectivity index (χ0v) is 12.5. The lowest BCUT2D eigenvalue weighted by Gasteiger charge is -2.08. The summed E-state index contributed by atoms with van der Waals surface area (Å²) in [6, 6.07) is 14.0. The third-order valence-corrected chi connectivity index (χ3v) is 3.80. The molecule has 0 saturated heterocycles. The maximum Gasteiger partial charge on any atom is 0.315 e. The maximum atomic E-state index is 11.9. The number of carbonyl (C=O) groups excluding carboxylic acids is 1. The van der Waals surface area contributed by atoms with Crippen LogP contribution in [0.5, 0.6) is 5.88 Å². The van der Waals surface area contributed by atoms with Gasteiger partial charge in [-0.25, -0.2) is 9.78 Å². The molecule has 1 heterocycles. The minimum absolute atomic E-state index is 0.140. The average molecular weight is 297 g/mol. The van der Waals surface area contributed by atoms with Crippen LogP contribution in [-0.4, -0.2) is 24.2 Å². The minimum Gasteiger partial charge on any atom is -0.481 e. The molecule has 1 aliphatic rings. The molecule has 0 spiro atoms. The standard InChI is InChI=1S/C17H19N3O2/c1-22-16-9-12(7-8-18-16)11-19-17(21)20-15-10-14(15)13-5-3-2-4-6-13/h2-9,14-15H,10-11H2,1H3,(H2,19,20,21)/t14-,15+/m0/s1. The summed E-state index contributed by atoms with van der Waals surface area (Å²) in [5.41, 5.74) is 2.24. The Hall–Kier alpha value is -2.56. The van der Waals surface area contributed by atoms with E-state index in [1.807, 2.05) is 30.3 Å². The highest BCUT2D eigenvalue weighted by Crippen LogP contribution is 2.40. The molecule has 1 saturated carbocycles. The van der Waals surface area contributed by atoms with Crippen LogP contribution < -0.4 is 15.4 Å². The van der Waals surface area contributed by atoms with E-state index in [-0.39, 0.29) is 12.1 Å². The lowest BCUT2D eigenvalue weighted by molar-refractivity contribution is 0.240. The zero-order chi connectivity index (χ0) is 15.4. The molecule has 2 aromatic rings. The number of carbonyl (C=O) groups is 1. The molecular formula is C17H19N3O2. The van der Waals surface area contributed by atoms with Crippen LogP contribution in [-0.2, 0) is 6.54 Å². The van der Waals surface area contributed by atoms with E-state index in [2.05, 4.69) is 27.8 Å². The van der Waals surface area contributed by atoms with Gasteiger partial charge in [0.1, 0.15) is 0 Å². The number of aromatic nitrogens is 1. The van der Waals surface area contributed by atoms with Gasteiger partial charge in [-0.05, 0) is 23.6 Å². The molecule has 2 N–H and O–H groups in total. The topological polar surface area (TPSA) is 63.2 Å². The molecule has 2 amide bonds. The number of nitrogens with zero attached hydrogens (tertiary/aromatic N) is 1. The maximum absolute atomic E-state index is 11.9. The van der Waals surface area contributed by atoms with Crippen molar-refractivity contribution in [3.63, 3.8) is 0 Å². The van der Waals surface area contributed by atoms with Crippen molar-refractivity contribution >= 4 is 6.03 Å². The molecule has 114 valence electrons. The number of amides is 2. The Labute approximate surface area is 129 Å². The Morgan fingerprint density at radius 2 is 2.14 bits per heavy atom. The number of urea groups is 1. The normalized spacial score (nSPS) is 19.3. The van der Waals surface area contributed by atoms with Gasteiger partial charge in [0.2, 0.25) is 5.88 Å². The highest BCUT2D eigenvalue weighted by molar-refractivity contribution is 5.74. The smallest absolute Gasteiger partial charge is 0.315 e. The van der Waals surface area contributed by atoms with Gasteiger partial charge < -0.3 is 15.4 Å². The Morgan fingerprint density at radius 1 is 1.32 bits per heavy atom. The molecule has 2 atom stereocenters. The van der Waals surface area contributed by atoms with Crippen LogP contribution in [0.3, 0.4) is 0 Å². The first-order chi connectivity index (χ1) is 10.8. The first-order valence-corrected chi connectivity index (χ1v) is 7.34. The van der Waals surface area contributed by atoms with Crippen molar-refractivity contribution < 1.29 is 9.53 Å². The molecule has 5 nitrogen and oxygen atoms in total. The number of pyridine rings is 1. The summed E-state index contributed by atoms with van der Waals surface area (Å²) >= 11 is 0. The highest BCUT2D eigenvalue weighted by atomic mass is 16.5. The van der Waals surface area contributed by atoms with E-state index in [0.717, 1.165) is 12.0 Å². The molecule has 1 aromatic carbocycles. The number of hydrogen-bond acceptors (Lipinski definition) is 3. The van der Waals surface area contributed by atoms with Crippen molar-refractivity contribution in [2.24, 2.45) is 0 Å². The predicted octanol–water partition coefficient (Wildman–Crippen LogP) is 2.45. The van der Waals surface area contributed by atoms with Crippen LogP contribution in [0.4, 0.5) is 4.79 Å². The molecule has 1 aromatic heterocycles. The fourth-order valence-corrected chi connectivity index (χ4v) is 2.50. The van der Waals surface area contributed by atoms with Crippen LogP contribution in [0.25, 0.3) is 0 Å². The molecule has 1 aliphatic carbocycles. The number of rotatable bonds is 5. The van der Waals surface area contributed by atoms with Crippen molar-refractivity contribution in [3.8, 4) is 5.88 Å². The molecular weight excluding hydrogens is 278 g/mol. The van der Waals surface area contributed by atoms with Crippen LogP contribution in [0.15, 0.2) is 48.7 Å². The molecule has 0 bridgehead atoms. The van der Waals surface area contributed by atoms with E-state index < -0.39 is 0 Å². The van der Waals surface area contributed by atoms with Gasteiger partial charge in [-0.15, -0.1) is 0 Å². The van der Waals surface area contributed by atoms with Gasteiger partial charge in [0.05, 0.1) is 7.11 Å². The minimum atomic E-state index is -0.140. The molecule has 1 fully saturated rings. The van der Waals surface area contributed by atoms with E-state index in [4.69, 9.17) is 4.74 Å². The number of nitrogens with one attached hydrogen (secondary N) is 2. The van der Waals surface area contributed by atoms with Crippen molar-refractivity contribution in [2.45, 2.75) is 24.9 Å². The summed E-state index contributed by atoms with van der Waals surface area (Å²) in [6.07, 6.45) is 2.67. The van der Waals surface area contributed by atoms with Crippen molar-refractivity contribution in [1.82, 2.24) is 15.6 Å². The van der Waals surface area contributed by atoms with Gasteiger partial charge in [-0.3, -0.25) is 0 Å².